The third-order valence-electron chi connectivity index (χ3n) is 11.6. The summed E-state index contributed by atoms with van der Waals surface area (Å²) in [4.78, 5) is 16.2. The molecule has 4 aliphatic heterocycles. The van der Waals surface area contributed by atoms with Crippen molar-refractivity contribution in [3.63, 3.8) is 0 Å². The maximum absolute atomic E-state index is 13.5. The highest BCUT2D eigenvalue weighted by molar-refractivity contribution is 5.87. The van der Waals surface area contributed by atoms with Gasteiger partial charge in [-0.15, -0.1) is 5.11 Å². The lowest BCUT2D eigenvalue weighted by Crippen LogP contribution is -2.94. The number of H-pyrrole nitrogens is 1. The van der Waals surface area contributed by atoms with Gasteiger partial charge in [0.1, 0.15) is 28.4 Å². The Morgan fingerprint density at radius 1 is 1.09 bits per heavy atom. The molecule has 5 heterocycles. The molecule has 1 aromatic heterocycles. The number of azo groups is 1. The van der Waals surface area contributed by atoms with Crippen molar-refractivity contribution < 1.29 is 44.5 Å². The second-order valence-corrected chi connectivity index (χ2v) is 13.5. The zero-order chi connectivity index (χ0) is 31.1. The van der Waals surface area contributed by atoms with Crippen LogP contribution in [-0.2, 0) is 14.2 Å². The number of aromatic amines is 1. The zero-order valence-corrected chi connectivity index (χ0v) is 24.4. The molecular formula is C31H37N3O9. The molecule has 0 amide bonds. The van der Waals surface area contributed by atoms with Gasteiger partial charge >= 0.3 is 5.97 Å². The molecule has 5 fully saturated rings. The number of aliphatic hydroxyl groups is 5. The lowest BCUT2D eigenvalue weighted by Gasteiger charge is -2.74. The van der Waals surface area contributed by atoms with Crippen LogP contribution in [0.4, 0.5) is 5.69 Å². The maximum Gasteiger partial charge on any atom is 0.355 e. The molecule has 7 rings (SSSR count). The van der Waals surface area contributed by atoms with Crippen molar-refractivity contribution >= 4 is 11.7 Å². The minimum Gasteiger partial charge on any atom is -0.449 e. The van der Waals surface area contributed by atoms with Crippen LogP contribution in [0.25, 0.3) is 0 Å². The summed E-state index contributed by atoms with van der Waals surface area (Å²) in [6, 6.07) is 11.6. The van der Waals surface area contributed by atoms with Crippen LogP contribution < -0.4 is 0 Å². The third kappa shape index (κ3) is 2.69. The number of carbonyl (C=O) groups excluding carboxylic acids is 1. The van der Waals surface area contributed by atoms with Gasteiger partial charge in [0.2, 0.25) is 11.5 Å². The number of nitrogens with zero attached hydrogens (tertiary/aromatic N) is 2. The number of hydrogen-bond acceptors (Lipinski definition) is 11. The van der Waals surface area contributed by atoms with Crippen LogP contribution in [0, 0.1) is 16.7 Å². The van der Waals surface area contributed by atoms with E-state index in [1.807, 2.05) is 0 Å². The highest BCUT2D eigenvalue weighted by atomic mass is 16.8. The molecule has 6 N–H and O–H groups in total. The van der Waals surface area contributed by atoms with Gasteiger partial charge in [-0.05, 0) is 55.5 Å². The first kappa shape index (κ1) is 28.8. The van der Waals surface area contributed by atoms with Gasteiger partial charge in [0.05, 0.1) is 11.1 Å². The maximum atomic E-state index is 13.5. The molecule has 43 heavy (non-hydrogen) atoms. The van der Waals surface area contributed by atoms with Gasteiger partial charge in [0, 0.05) is 12.6 Å². The largest absolute Gasteiger partial charge is 0.449 e. The number of rotatable bonds is 5. The number of hydrogen-bond donors (Lipinski definition) is 6. The number of esters is 1. The lowest BCUT2D eigenvalue weighted by molar-refractivity contribution is -0.516. The second kappa shape index (κ2) is 8.19. The first-order chi connectivity index (χ1) is 20.1. The van der Waals surface area contributed by atoms with E-state index < -0.39 is 75.4 Å². The van der Waals surface area contributed by atoms with E-state index in [1.165, 1.54) is 26.1 Å². The van der Waals surface area contributed by atoms with E-state index in [4.69, 9.17) is 14.2 Å². The van der Waals surface area contributed by atoms with E-state index in [9.17, 15) is 30.3 Å². The van der Waals surface area contributed by atoms with Gasteiger partial charge in [0.15, 0.2) is 17.5 Å². The molecule has 230 valence electrons. The highest BCUT2D eigenvalue weighted by Gasteiger charge is 3.04. The summed E-state index contributed by atoms with van der Waals surface area (Å²) in [6.45, 7) is 10.2. The van der Waals surface area contributed by atoms with Crippen molar-refractivity contribution in [3.8, 4) is 0 Å². The van der Waals surface area contributed by atoms with Gasteiger partial charge in [-0.2, -0.15) is 5.11 Å². The number of aliphatic hydroxyl groups excluding tert-OH is 1. The lowest BCUT2D eigenvalue weighted by atomic mass is 9.43. The SMILES string of the molecule is C=C1CC[C@]2(O)[C@]3(C)C[C@]4(O)O[C@@]2([C@@H]1O)[C@@]1(N=Nc2ccccc2)O[C@@]3(O)[C@H](OC(=O)c2ccc[nH]2)[C@](O)(C(C)C)[C@@]14C. The normalized spacial score (nSPS) is 49.6. The molecule has 0 radical (unpaired) electrons. The van der Waals surface area contributed by atoms with Gasteiger partial charge in [-0.1, -0.05) is 45.5 Å². The van der Waals surface area contributed by atoms with Crippen LogP contribution >= 0.6 is 0 Å². The van der Waals surface area contributed by atoms with E-state index in [-0.39, 0.29) is 24.1 Å². The molecule has 0 unspecified atom stereocenters. The number of carbonyl (C=O) groups is 1. The Kier molecular flexibility index (Phi) is 5.48. The summed E-state index contributed by atoms with van der Waals surface area (Å²) in [5.41, 5.74) is -12.5. The van der Waals surface area contributed by atoms with E-state index in [2.05, 4.69) is 21.8 Å². The predicted octanol–water partition coefficient (Wildman–Crippen LogP) is 2.46. The molecule has 2 aromatic rings. The topological polar surface area (TPSA) is 186 Å². The fourth-order valence-corrected chi connectivity index (χ4v) is 9.30. The fraction of sp³-hybridized carbons (Fsp3) is 0.581. The standard InChI is InChI=1S/C31H37N3O9/c1-17(2)28(39)23(41-22(36)20-12-9-15-32-20)30(40)24(4)16-27(38)25(28,5)31(43-30,34-33-19-10-7-6-8-11-19)29(42-27)21(35)18(3)13-14-26(24,29)37/h6-12,15,17,21,23,32,35,37-40H,3,13-14,16H2,1-2,4-5H3/t21-,23-,24+,25+,26+,27+,28-,29-,30+,31+/m1/s1. The molecule has 1 saturated carbocycles. The van der Waals surface area contributed by atoms with Crippen LogP contribution in [0.5, 0.6) is 0 Å². The first-order valence-electron chi connectivity index (χ1n) is 14.5. The van der Waals surface area contributed by atoms with Crippen LogP contribution in [0.3, 0.4) is 0 Å². The van der Waals surface area contributed by atoms with Crippen LogP contribution in [-0.4, -0.2) is 82.8 Å². The van der Waals surface area contributed by atoms with Crippen molar-refractivity contribution in [1.29, 1.82) is 0 Å². The average Bonchev–Trinajstić information content (AvgIpc) is 3.54. The molecule has 1 aliphatic carbocycles. The van der Waals surface area contributed by atoms with Crippen LogP contribution in [0.15, 0.2) is 71.0 Å². The molecule has 12 heteroatoms. The number of fused-ring (bicyclic) bond motifs is 4. The monoisotopic (exact) mass is 595 g/mol. The molecular weight excluding hydrogens is 558 g/mol. The Morgan fingerprint density at radius 2 is 1.79 bits per heavy atom. The molecule has 1 aromatic carbocycles. The van der Waals surface area contributed by atoms with E-state index in [0.717, 1.165) is 0 Å². The predicted molar refractivity (Wildman–Crippen MR) is 148 cm³/mol. The minimum absolute atomic E-state index is 0.0487. The molecule has 10 atom stereocenters. The summed E-state index contributed by atoms with van der Waals surface area (Å²) in [5.74, 6) is -6.81. The number of nitrogens with one attached hydrogen (secondary N) is 1. The summed E-state index contributed by atoms with van der Waals surface area (Å²) >= 11 is 0. The Morgan fingerprint density at radius 3 is 2.42 bits per heavy atom. The summed E-state index contributed by atoms with van der Waals surface area (Å²) in [7, 11) is 0. The highest BCUT2D eigenvalue weighted by Crippen LogP contribution is 2.85. The van der Waals surface area contributed by atoms with Gasteiger partial charge < -0.3 is 44.7 Å². The third-order valence-corrected chi connectivity index (χ3v) is 11.6. The summed E-state index contributed by atoms with van der Waals surface area (Å²) in [5, 5.41) is 72.6. The number of aromatic nitrogens is 1. The minimum atomic E-state index is -2.67. The van der Waals surface area contributed by atoms with Gasteiger partial charge in [-0.25, -0.2) is 4.79 Å². The summed E-state index contributed by atoms with van der Waals surface area (Å²) in [6.07, 6.45) is -2.39. The van der Waals surface area contributed by atoms with Crippen LogP contribution in [0.1, 0.15) is 57.4 Å². The molecule has 4 saturated heterocycles. The van der Waals surface area contributed by atoms with E-state index in [0.29, 0.717) is 5.69 Å². The quantitative estimate of drug-likeness (QED) is 0.172. The Labute approximate surface area is 248 Å². The van der Waals surface area contributed by atoms with Crippen molar-refractivity contribution in [1.82, 2.24) is 4.98 Å². The Hall–Kier alpha value is -2.97. The van der Waals surface area contributed by atoms with E-state index >= 15 is 0 Å². The van der Waals surface area contributed by atoms with Crippen molar-refractivity contribution in [2.45, 2.75) is 93.3 Å². The Bertz CT molecular complexity index is 1550. The first-order valence-corrected chi connectivity index (χ1v) is 14.5. The number of benzene rings is 1. The van der Waals surface area contributed by atoms with Crippen LogP contribution in [0.2, 0.25) is 0 Å². The Balaban J connectivity index is 1.58. The van der Waals surface area contributed by atoms with Gasteiger partial charge in [0.25, 0.3) is 0 Å². The van der Waals surface area contributed by atoms with Crippen molar-refractivity contribution in [2.24, 2.45) is 27.0 Å². The summed E-state index contributed by atoms with van der Waals surface area (Å²) < 4.78 is 19.1. The molecule has 5 bridgehead atoms. The van der Waals surface area contributed by atoms with Gasteiger partial charge in [-0.3, -0.25) is 0 Å². The second-order valence-electron chi connectivity index (χ2n) is 13.5. The van der Waals surface area contributed by atoms with Crippen molar-refractivity contribution in [3.05, 3.63) is 66.5 Å². The van der Waals surface area contributed by atoms with Crippen molar-refractivity contribution in [2.75, 3.05) is 0 Å². The fourth-order valence-electron chi connectivity index (χ4n) is 9.30. The molecule has 12 nitrogen and oxygen atoms in total. The molecule has 5 aliphatic rings. The number of ether oxygens (including phenoxy) is 3. The smallest absolute Gasteiger partial charge is 0.355 e. The average molecular weight is 596 g/mol. The van der Waals surface area contributed by atoms with E-state index in [1.54, 1.807) is 50.2 Å². The zero-order valence-electron chi connectivity index (χ0n) is 24.4. The molecule has 1 spiro atoms.